The maximum absolute atomic E-state index is 16.2. The number of anilines is 2. The summed E-state index contributed by atoms with van der Waals surface area (Å²) in [5.74, 6) is 3.14. The molecule has 2 amide bonds. The van der Waals surface area contributed by atoms with E-state index < -0.39 is 17.4 Å². The lowest BCUT2D eigenvalue weighted by Crippen LogP contribution is -2.43. The molecule has 5 aliphatic rings. The number of hydroxylamine groups is 1. The average molecular weight is 966 g/mol. The molecule has 4 aliphatic heterocycles. The molecule has 0 bridgehead atoms. The Hall–Kier alpha value is -7.32. The first-order valence-corrected chi connectivity index (χ1v) is 24.4. The number of aromatic nitrogens is 3. The van der Waals surface area contributed by atoms with Gasteiger partial charge in [-0.1, -0.05) is 19.1 Å². The number of amides is 2. The van der Waals surface area contributed by atoms with Crippen LogP contribution in [0, 0.1) is 31.4 Å². The van der Waals surface area contributed by atoms with Gasteiger partial charge in [0.15, 0.2) is 17.7 Å². The van der Waals surface area contributed by atoms with Crippen molar-refractivity contribution in [3.63, 3.8) is 0 Å². The second kappa shape index (κ2) is 17.8. The fourth-order valence-corrected chi connectivity index (χ4v) is 11.3. The summed E-state index contributed by atoms with van der Waals surface area (Å²) in [6.45, 7) is 17.3. The zero-order valence-electron chi connectivity index (χ0n) is 41.2. The minimum absolute atomic E-state index is 0.00577. The van der Waals surface area contributed by atoms with Crippen LogP contribution in [0.4, 0.5) is 20.3 Å². The molecule has 5 aromatic rings. The second-order valence-electron chi connectivity index (χ2n) is 20.0. The highest BCUT2D eigenvalue weighted by Gasteiger charge is 2.60. The topological polar surface area (TPSA) is 147 Å². The fourth-order valence-electron chi connectivity index (χ4n) is 11.3. The van der Waals surface area contributed by atoms with Crippen molar-refractivity contribution in [3.05, 3.63) is 130 Å². The molecule has 10 rings (SSSR count). The third-order valence-corrected chi connectivity index (χ3v) is 15.1. The Morgan fingerprint density at radius 1 is 0.944 bits per heavy atom. The molecule has 2 fully saturated rings. The number of benzene rings is 3. The number of rotatable bonds is 11. The van der Waals surface area contributed by atoms with Crippen LogP contribution < -0.4 is 15.3 Å². The van der Waals surface area contributed by atoms with Crippen LogP contribution >= 0.6 is 0 Å². The molecular weight excluding hydrogens is 909 g/mol. The number of amidine groups is 1. The van der Waals surface area contributed by atoms with E-state index in [1.807, 2.05) is 37.3 Å². The van der Waals surface area contributed by atoms with Gasteiger partial charge in [0.25, 0.3) is 5.91 Å². The van der Waals surface area contributed by atoms with Crippen LogP contribution in [0.2, 0.25) is 0 Å². The van der Waals surface area contributed by atoms with Crippen molar-refractivity contribution in [2.45, 2.75) is 111 Å². The number of nitrogens with one attached hydrogen (secondary N) is 1. The normalized spacial score (nSPS) is 22.3. The van der Waals surface area contributed by atoms with Gasteiger partial charge in [0.2, 0.25) is 11.7 Å². The minimum Gasteiger partial charge on any atom is -0.376 e. The Kier molecular flexibility index (Phi) is 11.9. The van der Waals surface area contributed by atoms with Crippen molar-refractivity contribution in [2.75, 3.05) is 36.0 Å². The maximum atomic E-state index is 16.2. The van der Waals surface area contributed by atoms with Crippen LogP contribution in [0.1, 0.15) is 117 Å². The van der Waals surface area contributed by atoms with Gasteiger partial charge in [0, 0.05) is 61.5 Å². The zero-order valence-corrected chi connectivity index (χ0v) is 41.2. The fraction of sp³-hybridized carbons (Fsp3) is 0.407. The first-order chi connectivity index (χ1) is 34.0. The quantitative estimate of drug-likeness (QED) is 0.128. The molecule has 0 radical (unpaired) electrons. The number of aryl methyl sites for hydroxylation is 2. The van der Waals surface area contributed by atoms with Gasteiger partial charge < -0.3 is 23.9 Å². The average Bonchev–Trinajstić information content (AvgIpc) is 3.90. The molecule has 368 valence electrons. The van der Waals surface area contributed by atoms with Crippen molar-refractivity contribution < 1.29 is 37.5 Å². The van der Waals surface area contributed by atoms with E-state index in [2.05, 4.69) is 49.4 Å². The molecule has 3 aromatic carbocycles. The third kappa shape index (κ3) is 7.92. The Morgan fingerprint density at radius 3 is 2.32 bits per heavy atom. The zero-order chi connectivity index (χ0) is 50.3. The molecule has 0 spiro atoms. The number of aliphatic imine (C=N–C) groups is 1. The van der Waals surface area contributed by atoms with Crippen LogP contribution in [0.15, 0.2) is 83.7 Å². The summed E-state index contributed by atoms with van der Waals surface area (Å²) in [6.07, 6.45) is 5.84. The molecular formula is C54H57F2N9O6. The molecule has 1 saturated heterocycles. The molecule has 1 N–H and O–H groups in total. The third-order valence-electron chi connectivity index (χ3n) is 15.1. The number of fused-ring (bicyclic) bond motifs is 2. The van der Waals surface area contributed by atoms with Crippen LogP contribution in [0.3, 0.4) is 0 Å². The summed E-state index contributed by atoms with van der Waals surface area (Å²) in [5.41, 5.74) is 7.25. The predicted molar refractivity (Wildman–Crippen MR) is 264 cm³/mol. The highest BCUT2D eigenvalue weighted by Crippen LogP contribution is 2.55. The SMILES string of the molecule is CCN(CC)C(=O)Cc1ccc(N2C=CN(c3c4c(nn3-c3cc(C)c(F)c(C)c3)CCN(C(=O)c3cc5cc([C@H]6CCOC(C)(C)C6)ccc5n3[C@@]3(C5=NC(=C=O)ON5)C[C@@H]3C)[C@H]4C)C2=C=O)c(F)c1. The van der Waals surface area contributed by atoms with Gasteiger partial charge in [-0.05, 0) is 144 Å². The molecule has 4 atom stereocenters. The van der Waals surface area contributed by atoms with Crippen LogP contribution in [-0.2, 0) is 42.3 Å². The van der Waals surface area contributed by atoms with E-state index in [0.717, 1.165) is 29.3 Å². The number of ether oxygens (including phenoxy) is 1. The molecule has 15 nitrogen and oxygen atoms in total. The Morgan fingerprint density at radius 2 is 1.68 bits per heavy atom. The second-order valence-corrected chi connectivity index (χ2v) is 20.0. The predicted octanol–water partition coefficient (Wildman–Crippen LogP) is 8.38. The van der Waals surface area contributed by atoms with E-state index in [9.17, 15) is 14.4 Å². The summed E-state index contributed by atoms with van der Waals surface area (Å²) in [4.78, 5) is 69.9. The molecule has 2 aromatic heterocycles. The summed E-state index contributed by atoms with van der Waals surface area (Å²) in [7, 11) is 0. The van der Waals surface area contributed by atoms with E-state index in [0.29, 0.717) is 83.5 Å². The first-order valence-electron chi connectivity index (χ1n) is 24.4. The van der Waals surface area contributed by atoms with Gasteiger partial charge in [-0.25, -0.2) is 28.5 Å². The standard InChI is InChI=1S/C54H57F2N9O6/c1-9-60(10-2)47(68)24-35-11-13-43(40(55)23-35)62-18-19-63(46(62)30-67)50-48-34(6)61(17-15-41(48)58-65(50)39-21-31(3)49(56)32(4)22-39)51(69)44-26-38-25-36(37-16-20-70-53(7,8)28-37)12-14-42(38)64(44)54(27-33(54)5)52-57-45(29-66)71-59-52/h11-14,18-19,21-23,25-26,33-34,37H,9-10,15-17,20,24,27-28H2,1-8H3,(H,57,59)/t33-,34-,37-,54-/m0/s1. The van der Waals surface area contributed by atoms with Crippen molar-refractivity contribution in [3.8, 4) is 5.69 Å². The van der Waals surface area contributed by atoms with Crippen molar-refractivity contribution in [1.29, 1.82) is 0 Å². The number of likely N-dealkylation sites (N-methyl/N-ethyl adjacent to an activating group) is 1. The summed E-state index contributed by atoms with van der Waals surface area (Å²) in [6, 6.07) is 15.5. The number of hydrogen-bond donors (Lipinski definition) is 1. The Balaban J connectivity index is 1.06. The molecule has 1 aliphatic carbocycles. The highest BCUT2D eigenvalue weighted by atomic mass is 19.1. The van der Waals surface area contributed by atoms with Crippen LogP contribution in [-0.4, -0.2) is 85.5 Å². The largest absolute Gasteiger partial charge is 0.376 e. The highest BCUT2D eigenvalue weighted by molar-refractivity contribution is 6.03. The lowest BCUT2D eigenvalue weighted by atomic mass is 9.83. The maximum Gasteiger partial charge on any atom is 0.332 e. The van der Waals surface area contributed by atoms with Crippen molar-refractivity contribution in [1.82, 2.24) is 29.6 Å². The van der Waals surface area contributed by atoms with E-state index in [-0.39, 0.29) is 65.4 Å². The van der Waals surface area contributed by atoms with Crippen LogP contribution in [0.5, 0.6) is 0 Å². The summed E-state index contributed by atoms with van der Waals surface area (Å²) in [5, 5.41) is 5.99. The number of nitrogens with zero attached hydrogens (tertiary/aromatic N) is 8. The van der Waals surface area contributed by atoms with E-state index in [1.54, 1.807) is 69.8 Å². The Bertz CT molecular complexity index is 3190. The van der Waals surface area contributed by atoms with Crippen molar-refractivity contribution in [2.24, 2.45) is 10.9 Å². The molecule has 1 saturated carbocycles. The summed E-state index contributed by atoms with van der Waals surface area (Å²) >= 11 is 0. The molecule has 71 heavy (non-hydrogen) atoms. The smallest absolute Gasteiger partial charge is 0.332 e. The van der Waals surface area contributed by atoms with Gasteiger partial charge in [-0.2, -0.15) is 10.1 Å². The van der Waals surface area contributed by atoms with Crippen molar-refractivity contribution >= 4 is 51.9 Å². The van der Waals surface area contributed by atoms with E-state index in [4.69, 9.17) is 14.7 Å². The van der Waals surface area contributed by atoms with Gasteiger partial charge in [0.05, 0.1) is 35.1 Å². The monoisotopic (exact) mass is 965 g/mol. The molecule has 6 heterocycles. The number of carbonyl (C=O) groups is 2. The lowest BCUT2D eigenvalue weighted by molar-refractivity contribution is -0.130. The minimum atomic E-state index is -0.853. The number of carbonyl (C=O) groups excluding carboxylic acids is 4. The van der Waals surface area contributed by atoms with E-state index >= 15 is 13.6 Å². The van der Waals surface area contributed by atoms with Crippen LogP contribution in [0.25, 0.3) is 16.6 Å². The summed E-state index contributed by atoms with van der Waals surface area (Å²) < 4.78 is 41.2. The molecule has 0 unspecified atom stereocenters. The van der Waals surface area contributed by atoms with Gasteiger partial charge >= 0.3 is 5.88 Å². The van der Waals surface area contributed by atoms with Gasteiger partial charge in [-0.15, -0.1) is 0 Å². The van der Waals surface area contributed by atoms with Gasteiger partial charge in [-0.3, -0.25) is 19.4 Å². The lowest BCUT2D eigenvalue weighted by Gasteiger charge is -2.36. The molecule has 17 heteroatoms. The number of halogens is 2. The first kappa shape index (κ1) is 47.4. The van der Waals surface area contributed by atoms with Gasteiger partial charge in [0.1, 0.15) is 28.7 Å². The Labute approximate surface area is 410 Å². The van der Waals surface area contributed by atoms with E-state index in [1.165, 1.54) is 17.0 Å². The number of hydrogen-bond acceptors (Lipinski definition) is 11.